The van der Waals surface area contributed by atoms with Crippen LogP contribution in [0.3, 0.4) is 0 Å². The summed E-state index contributed by atoms with van der Waals surface area (Å²) in [5, 5.41) is 2.86. The Labute approximate surface area is 149 Å². The number of nitrogens with zero attached hydrogens (tertiary/aromatic N) is 1. The van der Waals surface area contributed by atoms with Gasteiger partial charge < -0.3 is 10.1 Å². The van der Waals surface area contributed by atoms with Gasteiger partial charge in [-0.05, 0) is 50.3 Å². The van der Waals surface area contributed by atoms with Gasteiger partial charge in [-0.15, -0.1) is 0 Å². The summed E-state index contributed by atoms with van der Waals surface area (Å²) in [5.74, 6) is 0.829. The number of rotatable bonds is 6. The highest BCUT2D eigenvalue weighted by Crippen LogP contribution is 2.39. The second-order valence-electron chi connectivity index (χ2n) is 6.86. The standard InChI is InChI=1S/C18H26N2O4S/c1-3-24-17-8-7-14(25(22,23)20-9-5-4-6-10-20)12-16(17)19-18(21)15-11-13(15)2/h7-8,12-13,15H,3-6,9-11H2,1-2H3,(H,19,21)/t13-,15+/m1/s1. The lowest BCUT2D eigenvalue weighted by Crippen LogP contribution is -2.35. The van der Waals surface area contributed by atoms with E-state index < -0.39 is 10.0 Å². The van der Waals surface area contributed by atoms with Crippen LogP contribution in [0.5, 0.6) is 5.75 Å². The first-order valence-electron chi connectivity index (χ1n) is 9.01. The number of anilines is 1. The van der Waals surface area contributed by atoms with Crippen molar-refractivity contribution in [2.75, 3.05) is 25.0 Å². The summed E-state index contributed by atoms with van der Waals surface area (Å²) in [6.07, 6.45) is 3.72. The zero-order valence-electron chi connectivity index (χ0n) is 14.8. The lowest BCUT2D eigenvalue weighted by molar-refractivity contribution is -0.117. The van der Waals surface area contributed by atoms with Crippen LogP contribution in [0.15, 0.2) is 23.1 Å². The maximum Gasteiger partial charge on any atom is 0.243 e. The average molecular weight is 366 g/mol. The van der Waals surface area contributed by atoms with Crippen LogP contribution in [0.4, 0.5) is 5.69 Å². The van der Waals surface area contributed by atoms with Crippen molar-refractivity contribution in [3.8, 4) is 5.75 Å². The first-order valence-corrected chi connectivity index (χ1v) is 10.5. The van der Waals surface area contributed by atoms with E-state index in [-0.39, 0.29) is 16.7 Å². The number of benzene rings is 1. The van der Waals surface area contributed by atoms with Crippen molar-refractivity contribution in [1.29, 1.82) is 0 Å². The van der Waals surface area contributed by atoms with Gasteiger partial charge in [0.2, 0.25) is 15.9 Å². The predicted octanol–water partition coefficient (Wildman–Crippen LogP) is 2.85. The highest BCUT2D eigenvalue weighted by molar-refractivity contribution is 7.89. The van der Waals surface area contributed by atoms with E-state index in [0.717, 1.165) is 25.7 Å². The number of carbonyl (C=O) groups excluding carboxylic acids is 1. The third kappa shape index (κ3) is 3.98. The summed E-state index contributed by atoms with van der Waals surface area (Å²) in [4.78, 5) is 12.5. The molecule has 1 amide bonds. The molecule has 1 aliphatic carbocycles. The molecule has 1 aromatic rings. The summed E-state index contributed by atoms with van der Waals surface area (Å²) >= 11 is 0. The van der Waals surface area contributed by atoms with Crippen molar-refractivity contribution in [2.45, 2.75) is 44.4 Å². The molecule has 3 rings (SSSR count). The smallest absolute Gasteiger partial charge is 0.243 e. The van der Waals surface area contributed by atoms with Crippen molar-refractivity contribution < 1.29 is 17.9 Å². The van der Waals surface area contributed by atoms with Crippen molar-refractivity contribution in [2.24, 2.45) is 11.8 Å². The van der Waals surface area contributed by atoms with E-state index in [4.69, 9.17) is 4.74 Å². The van der Waals surface area contributed by atoms with Gasteiger partial charge in [0, 0.05) is 19.0 Å². The molecule has 1 aliphatic heterocycles. The molecule has 2 aliphatic rings. The summed E-state index contributed by atoms with van der Waals surface area (Å²) < 4.78 is 32.8. The van der Waals surface area contributed by atoms with E-state index in [1.165, 1.54) is 10.4 Å². The number of sulfonamides is 1. The molecule has 0 unspecified atom stereocenters. The number of amides is 1. The second-order valence-corrected chi connectivity index (χ2v) is 8.80. The van der Waals surface area contributed by atoms with Gasteiger partial charge in [0.1, 0.15) is 5.75 Å². The Bertz CT molecular complexity index is 741. The Morgan fingerprint density at radius 2 is 1.96 bits per heavy atom. The van der Waals surface area contributed by atoms with Gasteiger partial charge in [-0.1, -0.05) is 13.3 Å². The van der Waals surface area contributed by atoms with Crippen molar-refractivity contribution in [3.05, 3.63) is 18.2 Å². The van der Waals surface area contributed by atoms with Gasteiger partial charge in [0.25, 0.3) is 0 Å². The zero-order valence-corrected chi connectivity index (χ0v) is 15.6. The van der Waals surface area contributed by atoms with E-state index in [9.17, 15) is 13.2 Å². The van der Waals surface area contributed by atoms with Gasteiger partial charge >= 0.3 is 0 Å². The maximum absolute atomic E-state index is 12.9. The third-order valence-electron chi connectivity index (χ3n) is 4.91. The van der Waals surface area contributed by atoms with Gasteiger partial charge in [0.15, 0.2) is 0 Å². The molecule has 25 heavy (non-hydrogen) atoms. The molecule has 1 heterocycles. The highest BCUT2D eigenvalue weighted by atomic mass is 32.2. The minimum absolute atomic E-state index is 0.0110. The van der Waals surface area contributed by atoms with E-state index in [1.807, 2.05) is 13.8 Å². The largest absolute Gasteiger partial charge is 0.492 e. The van der Waals surface area contributed by atoms with Crippen LogP contribution in [0.1, 0.15) is 39.5 Å². The molecule has 1 N–H and O–H groups in total. The first-order chi connectivity index (χ1) is 11.9. The lowest BCUT2D eigenvalue weighted by Gasteiger charge is -2.26. The zero-order chi connectivity index (χ0) is 18.0. The number of hydrogen-bond donors (Lipinski definition) is 1. The Hall–Kier alpha value is -1.60. The molecule has 6 nitrogen and oxygen atoms in total. The number of nitrogens with one attached hydrogen (secondary N) is 1. The molecule has 2 atom stereocenters. The molecular weight excluding hydrogens is 340 g/mol. The summed E-state index contributed by atoms with van der Waals surface area (Å²) in [7, 11) is -3.54. The molecule has 7 heteroatoms. The molecule has 0 spiro atoms. The lowest BCUT2D eigenvalue weighted by atomic mass is 10.2. The van der Waals surface area contributed by atoms with Crippen LogP contribution in [0.2, 0.25) is 0 Å². The fourth-order valence-corrected chi connectivity index (χ4v) is 4.76. The van der Waals surface area contributed by atoms with Crippen molar-refractivity contribution in [3.63, 3.8) is 0 Å². The topological polar surface area (TPSA) is 75.7 Å². The molecular formula is C18H26N2O4S. The Morgan fingerprint density at radius 1 is 1.28 bits per heavy atom. The minimum atomic E-state index is -3.54. The quantitative estimate of drug-likeness (QED) is 0.840. The highest BCUT2D eigenvalue weighted by Gasteiger charge is 2.39. The first kappa shape index (κ1) is 18.2. The summed E-state index contributed by atoms with van der Waals surface area (Å²) in [5.41, 5.74) is 0.434. The molecule has 138 valence electrons. The van der Waals surface area contributed by atoms with Gasteiger partial charge in [-0.25, -0.2) is 8.42 Å². The Kier molecular flexibility index (Phi) is 5.34. The van der Waals surface area contributed by atoms with Crippen molar-refractivity contribution in [1.82, 2.24) is 4.31 Å². The second kappa shape index (κ2) is 7.33. The fourth-order valence-electron chi connectivity index (χ4n) is 3.22. The molecule has 0 radical (unpaired) electrons. The monoisotopic (exact) mass is 366 g/mol. The molecule has 2 fully saturated rings. The SMILES string of the molecule is CCOc1ccc(S(=O)(=O)N2CCCCC2)cc1NC(=O)[C@H]1C[C@H]1C. The fraction of sp³-hybridized carbons (Fsp3) is 0.611. The van der Waals surface area contributed by atoms with Crippen LogP contribution >= 0.6 is 0 Å². The molecule has 0 bridgehead atoms. The molecule has 1 aromatic carbocycles. The van der Waals surface area contributed by atoms with E-state index >= 15 is 0 Å². The average Bonchev–Trinajstić information content (AvgIpc) is 3.34. The van der Waals surface area contributed by atoms with Gasteiger partial charge in [0.05, 0.1) is 17.2 Å². The predicted molar refractivity (Wildman–Crippen MR) is 96.1 cm³/mol. The number of carbonyl (C=O) groups is 1. The van der Waals surface area contributed by atoms with Crippen LogP contribution in [-0.4, -0.2) is 38.3 Å². The number of piperidine rings is 1. The van der Waals surface area contributed by atoms with Crippen LogP contribution in [0, 0.1) is 11.8 Å². The number of hydrogen-bond acceptors (Lipinski definition) is 4. The van der Waals surface area contributed by atoms with Crippen LogP contribution in [0.25, 0.3) is 0 Å². The number of ether oxygens (including phenoxy) is 1. The Morgan fingerprint density at radius 3 is 2.56 bits per heavy atom. The van der Waals surface area contributed by atoms with Crippen molar-refractivity contribution >= 4 is 21.6 Å². The van der Waals surface area contributed by atoms with E-state index in [2.05, 4.69) is 5.32 Å². The summed E-state index contributed by atoms with van der Waals surface area (Å²) in [6.45, 7) is 5.44. The van der Waals surface area contributed by atoms with Gasteiger partial charge in [-0.2, -0.15) is 4.31 Å². The molecule has 0 aromatic heterocycles. The third-order valence-corrected chi connectivity index (χ3v) is 6.80. The molecule has 1 saturated heterocycles. The molecule has 1 saturated carbocycles. The normalized spacial score (nSPS) is 23.9. The minimum Gasteiger partial charge on any atom is -0.492 e. The Balaban J connectivity index is 1.87. The van der Waals surface area contributed by atoms with Gasteiger partial charge in [-0.3, -0.25) is 4.79 Å². The summed E-state index contributed by atoms with van der Waals surface area (Å²) in [6, 6.07) is 4.72. The maximum atomic E-state index is 12.9. The van der Waals surface area contributed by atoms with Crippen LogP contribution in [-0.2, 0) is 14.8 Å². The van der Waals surface area contributed by atoms with E-state index in [0.29, 0.717) is 37.1 Å². The van der Waals surface area contributed by atoms with E-state index in [1.54, 1.807) is 12.1 Å². The van der Waals surface area contributed by atoms with Crippen LogP contribution < -0.4 is 10.1 Å².